The summed E-state index contributed by atoms with van der Waals surface area (Å²) in [6, 6.07) is 0. The Morgan fingerprint density at radius 1 is 0.885 bits per heavy atom. The van der Waals surface area contributed by atoms with Gasteiger partial charge in [0.15, 0.2) is 23.1 Å². The molecule has 20 atom stereocenters. The Kier molecular flexibility index (Phi) is 11.9. The normalized spacial score (nSPS) is 52.4. The molecule has 0 radical (unpaired) electrons. The van der Waals surface area contributed by atoms with Gasteiger partial charge in [-0.2, -0.15) is 0 Å². The number of rotatable bonds is 9. The Bertz CT molecular complexity index is 1740. The molecule has 342 valence electrons. The van der Waals surface area contributed by atoms with Crippen LogP contribution in [0, 0.1) is 35.5 Å². The molecule has 4 N–H and O–H groups in total. The molecule has 1 unspecified atom stereocenters. The number of hydrogen-bond acceptors (Lipinski definition) is 12. The van der Waals surface area contributed by atoms with Crippen molar-refractivity contribution in [3.63, 3.8) is 0 Å². The summed E-state index contributed by atoms with van der Waals surface area (Å²) in [5, 5.41) is 37.4. The van der Waals surface area contributed by atoms with Gasteiger partial charge in [0.1, 0.15) is 17.9 Å². The molecule has 13 heteroatoms. The fraction of sp³-hybridized carbons (Fsp3) is 0.854. The van der Waals surface area contributed by atoms with Crippen LogP contribution < -0.4 is 5.32 Å². The van der Waals surface area contributed by atoms with Gasteiger partial charge < -0.3 is 53.2 Å². The highest BCUT2D eigenvalue weighted by Crippen LogP contribution is 2.56. The zero-order valence-electron chi connectivity index (χ0n) is 37.5. The molecular formula is C48H73NO12. The van der Waals surface area contributed by atoms with Crippen molar-refractivity contribution in [2.45, 2.75) is 216 Å². The first-order valence-corrected chi connectivity index (χ1v) is 23.6. The van der Waals surface area contributed by atoms with E-state index in [4.69, 9.17) is 43.0 Å². The van der Waals surface area contributed by atoms with Crippen molar-refractivity contribution < 1.29 is 58.0 Å². The molecule has 61 heavy (non-hydrogen) atoms. The van der Waals surface area contributed by atoms with Crippen LogP contribution in [0.1, 0.15) is 132 Å². The monoisotopic (exact) mass is 856 g/mol. The summed E-state index contributed by atoms with van der Waals surface area (Å²) in [5.41, 5.74) is 1.54. The van der Waals surface area contributed by atoms with Gasteiger partial charge in [-0.1, -0.05) is 71.9 Å². The first-order chi connectivity index (χ1) is 28.8. The van der Waals surface area contributed by atoms with Crippen LogP contribution in [0.25, 0.3) is 0 Å². The molecule has 0 amide bonds. The first-order valence-electron chi connectivity index (χ1n) is 23.6. The number of aliphatic hydroxyl groups is 2. The maximum absolute atomic E-state index is 12.4. The number of aliphatic carboxylic acids is 1. The third-order valence-electron chi connectivity index (χ3n) is 16.2. The summed E-state index contributed by atoms with van der Waals surface area (Å²) in [6.07, 6.45) is 10.1. The number of carboxylic acids is 1. The second kappa shape index (κ2) is 16.3. The fourth-order valence-corrected chi connectivity index (χ4v) is 13.2. The molecule has 13 nitrogen and oxygen atoms in total. The zero-order valence-corrected chi connectivity index (χ0v) is 37.5. The Morgan fingerprint density at radius 2 is 1.67 bits per heavy atom. The topological polar surface area (TPSA) is 164 Å². The van der Waals surface area contributed by atoms with Crippen LogP contribution in [0.3, 0.4) is 0 Å². The molecule has 0 saturated carbocycles. The lowest BCUT2D eigenvalue weighted by Crippen LogP contribution is -2.62. The number of nitrogens with one attached hydrogen (secondary N) is 1. The van der Waals surface area contributed by atoms with Crippen LogP contribution in [-0.2, 0) is 42.7 Å². The largest absolute Gasteiger partial charge is 0.481 e. The zero-order chi connectivity index (χ0) is 43.3. The maximum atomic E-state index is 12.4. The molecule has 0 aromatic carbocycles. The number of piperidine rings is 1. The van der Waals surface area contributed by atoms with E-state index >= 15 is 0 Å². The van der Waals surface area contributed by atoms with Crippen LogP contribution in [0.2, 0.25) is 0 Å². The summed E-state index contributed by atoms with van der Waals surface area (Å²) in [6.45, 7) is 20.6. The highest BCUT2D eigenvalue weighted by molar-refractivity contribution is 5.66. The van der Waals surface area contributed by atoms with Gasteiger partial charge in [0.25, 0.3) is 0 Å². The van der Waals surface area contributed by atoms with E-state index in [2.05, 4.69) is 59.5 Å². The van der Waals surface area contributed by atoms with Gasteiger partial charge in [0.05, 0.1) is 42.7 Å². The minimum Gasteiger partial charge on any atom is -0.481 e. The molecule has 9 aliphatic heterocycles. The number of fused-ring (bicyclic) bond motifs is 5. The second-order valence-electron chi connectivity index (χ2n) is 21.5. The van der Waals surface area contributed by atoms with Crippen LogP contribution in [0.15, 0.2) is 36.0 Å². The quantitative estimate of drug-likeness (QED) is 0.183. The van der Waals surface area contributed by atoms with E-state index in [1.165, 1.54) is 0 Å². The SMILES string of the molecule is C=C(C[C@@]12C[C@@H](C)C[C@@H](O1)[C@H]1O[C@]3(C[C@H]1O2)NC[C@H](C)C[C@@H]3C)[C@H]1O[C@@](O)([C@H](O)C2C[C@H]3O[C@@]4(CC[C@]5(CC(C)=C[C@@H](/C=C/CCC(=O)O)O5)O4)[C@H](C)C[C@H]3O2)[C@H](C)C[C@@H]1C. The van der Waals surface area contributed by atoms with Crippen molar-refractivity contribution in [1.29, 1.82) is 0 Å². The van der Waals surface area contributed by atoms with Crippen molar-refractivity contribution in [2.24, 2.45) is 35.5 Å². The summed E-state index contributed by atoms with van der Waals surface area (Å²) < 4.78 is 54.4. The fourth-order valence-electron chi connectivity index (χ4n) is 13.2. The molecule has 9 aliphatic rings. The van der Waals surface area contributed by atoms with E-state index in [0.717, 1.165) is 43.4 Å². The van der Waals surface area contributed by atoms with Gasteiger partial charge in [-0.25, -0.2) is 0 Å². The lowest BCUT2D eigenvalue weighted by Gasteiger charge is -2.53. The van der Waals surface area contributed by atoms with Crippen LogP contribution in [-0.4, -0.2) is 112 Å². The van der Waals surface area contributed by atoms with Gasteiger partial charge in [-0.3, -0.25) is 10.1 Å². The molecule has 0 aliphatic carbocycles. The molecule has 0 aromatic heterocycles. The van der Waals surface area contributed by atoms with E-state index in [9.17, 15) is 15.0 Å². The van der Waals surface area contributed by atoms with Crippen LogP contribution >= 0.6 is 0 Å². The molecule has 3 spiro atoms. The van der Waals surface area contributed by atoms with E-state index in [1.54, 1.807) is 0 Å². The minimum atomic E-state index is -1.88. The lowest BCUT2D eigenvalue weighted by atomic mass is 9.76. The van der Waals surface area contributed by atoms with E-state index in [0.29, 0.717) is 69.1 Å². The number of ether oxygens (including phenoxy) is 8. The van der Waals surface area contributed by atoms with Gasteiger partial charge in [0, 0.05) is 69.7 Å². The summed E-state index contributed by atoms with van der Waals surface area (Å²) in [5.74, 6) is -4.32. The third kappa shape index (κ3) is 8.16. The predicted molar refractivity (Wildman–Crippen MR) is 224 cm³/mol. The predicted octanol–water partition coefficient (Wildman–Crippen LogP) is 6.65. The summed E-state index contributed by atoms with van der Waals surface area (Å²) in [7, 11) is 0. The van der Waals surface area contributed by atoms with Crippen LogP contribution in [0.5, 0.6) is 0 Å². The number of aliphatic hydroxyl groups excluding tert-OH is 1. The number of hydrogen-bond donors (Lipinski definition) is 4. The van der Waals surface area contributed by atoms with Crippen molar-refractivity contribution in [1.82, 2.24) is 5.32 Å². The average molecular weight is 856 g/mol. The average Bonchev–Trinajstić information content (AvgIpc) is 3.86. The summed E-state index contributed by atoms with van der Waals surface area (Å²) >= 11 is 0. The van der Waals surface area contributed by atoms with E-state index in [-0.39, 0.29) is 60.8 Å². The highest BCUT2D eigenvalue weighted by Gasteiger charge is 2.64. The van der Waals surface area contributed by atoms with Gasteiger partial charge in [-0.05, 0) is 68.3 Å². The molecule has 2 bridgehead atoms. The number of allylic oxidation sites excluding steroid dienone is 1. The Labute approximate surface area is 362 Å². The first kappa shape index (κ1) is 44.5. The van der Waals surface area contributed by atoms with Crippen molar-refractivity contribution in [3.05, 3.63) is 36.0 Å². The second-order valence-corrected chi connectivity index (χ2v) is 21.5. The number of carbonyl (C=O) groups is 1. The molecule has 8 fully saturated rings. The van der Waals surface area contributed by atoms with Crippen molar-refractivity contribution in [2.75, 3.05) is 6.54 Å². The Balaban J connectivity index is 0.850. The minimum absolute atomic E-state index is 0.0155. The van der Waals surface area contributed by atoms with Gasteiger partial charge in [-0.15, -0.1) is 0 Å². The van der Waals surface area contributed by atoms with Crippen molar-refractivity contribution in [3.8, 4) is 0 Å². The smallest absolute Gasteiger partial charge is 0.303 e. The van der Waals surface area contributed by atoms with E-state index < -0.39 is 53.2 Å². The third-order valence-corrected chi connectivity index (χ3v) is 16.2. The molecule has 9 rings (SSSR count). The summed E-state index contributed by atoms with van der Waals surface area (Å²) in [4.78, 5) is 11.0. The van der Waals surface area contributed by atoms with E-state index in [1.807, 2.05) is 19.1 Å². The van der Waals surface area contributed by atoms with Crippen LogP contribution in [0.4, 0.5) is 0 Å². The standard InChI is InChI=1S/C48H73NO12/c1-26-16-34(11-9-10-12-40(50)51)55-44(21-26)13-14-47(61-44)32(7)19-35-36(58-47)20-38(54-35)43(52)48(53)33(8)18-29(4)41(60-48)30(5)23-45-22-27(2)17-37(56-45)42-39(57-45)24-46(59-42)31(6)15-28(3)25-49-46/h9,11,16,27-29,31-39,41-43,49,52-53H,5,10,12-15,17-25H2,1-4,6-8H3,(H,50,51)/b11-9+/t27-,28+,29-,31-,32+,33+,34+,35+,36+,37+,38?,39+,41-,42+,43+,44+,45-,46-,47+,48+/m0/s1. The highest BCUT2D eigenvalue weighted by atomic mass is 16.8. The maximum Gasteiger partial charge on any atom is 0.303 e. The van der Waals surface area contributed by atoms with Gasteiger partial charge >= 0.3 is 5.97 Å². The lowest BCUT2D eigenvalue weighted by molar-refractivity contribution is -0.367. The molecular weight excluding hydrogens is 783 g/mol. The molecule has 9 heterocycles. The molecule has 8 saturated heterocycles. The van der Waals surface area contributed by atoms with Crippen molar-refractivity contribution >= 4 is 5.97 Å². The molecule has 0 aromatic rings. The van der Waals surface area contributed by atoms with Gasteiger partial charge in [0.2, 0.25) is 0 Å². The Hall–Kier alpha value is -1.75. The Morgan fingerprint density at radius 3 is 2.44 bits per heavy atom. The number of carboxylic acid groups (broad SMARTS) is 1.